The zero-order valence-corrected chi connectivity index (χ0v) is 12.4. The number of carbonyl (C=O) groups is 1. The van der Waals surface area contributed by atoms with Gasteiger partial charge < -0.3 is 0 Å². The largest absolute Gasteiger partial charge is 0.294 e. The Morgan fingerprint density at radius 1 is 1.00 bits per heavy atom. The number of benzene rings is 2. The highest BCUT2D eigenvalue weighted by Gasteiger charge is 2.17. The topological polar surface area (TPSA) is 17.1 Å². The van der Waals surface area contributed by atoms with Gasteiger partial charge in [0.15, 0.2) is 5.78 Å². The van der Waals surface area contributed by atoms with E-state index in [9.17, 15) is 9.18 Å². The molecule has 0 unspecified atom stereocenters. The van der Waals surface area contributed by atoms with Crippen molar-refractivity contribution < 1.29 is 9.18 Å². The molecular formula is C18H19FO. The molecule has 0 saturated heterocycles. The van der Waals surface area contributed by atoms with Crippen LogP contribution in [0.15, 0.2) is 30.3 Å². The molecule has 0 N–H and O–H groups in total. The van der Waals surface area contributed by atoms with Crippen LogP contribution < -0.4 is 0 Å². The molecule has 0 bridgehead atoms. The normalized spacial score (nSPS) is 10.7. The second kappa shape index (κ2) is 5.58. The van der Waals surface area contributed by atoms with Crippen LogP contribution in [0.5, 0.6) is 0 Å². The Hall–Kier alpha value is -1.96. The molecule has 0 amide bonds. The quantitative estimate of drug-likeness (QED) is 0.751. The van der Waals surface area contributed by atoms with E-state index < -0.39 is 0 Å². The van der Waals surface area contributed by atoms with Gasteiger partial charge in [-0.25, -0.2) is 4.39 Å². The van der Waals surface area contributed by atoms with E-state index in [4.69, 9.17) is 0 Å². The number of hydrogen-bond acceptors (Lipinski definition) is 1. The third kappa shape index (κ3) is 2.64. The maximum Gasteiger partial charge on any atom is 0.167 e. The van der Waals surface area contributed by atoms with Crippen molar-refractivity contribution in [2.75, 3.05) is 0 Å². The minimum Gasteiger partial charge on any atom is -0.294 e. The van der Waals surface area contributed by atoms with E-state index in [0.717, 1.165) is 27.8 Å². The van der Waals surface area contributed by atoms with E-state index in [2.05, 4.69) is 6.07 Å². The second-order valence-electron chi connectivity index (χ2n) is 5.33. The average molecular weight is 270 g/mol. The summed E-state index contributed by atoms with van der Waals surface area (Å²) >= 11 is 0. The van der Waals surface area contributed by atoms with Crippen LogP contribution in [0.2, 0.25) is 0 Å². The van der Waals surface area contributed by atoms with Gasteiger partial charge in [0.2, 0.25) is 0 Å². The summed E-state index contributed by atoms with van der Waals surface area (Å²) in [7, 11) is 0. The van der Waals surface area contributed by atoms with Crippen molar-refractivity contribution in [3.63, 3.8) is 0 Å². The minimum atomic E-state index is -0.319. The van der Waals surface area contributed by atoms with Crippen molar-refractivity contribution in [1.29, 1.82) is 0 Å². The van der Waals surface area contributed by atoms with E-state index in [1.54, 1.807) is 18.2 Å². The Morgan fingerprint density at radius 2 is 1.55 bits per heavy atom. The molecule has 20 heavy (non-hydrogen) atoms. The lowest BCUT2D eigenvalue weighted by atomic mass is 9.89. The molecule has 0 aliphatic heterocycles. The maximum absolute atomic E-state index is 13.7. The summed E-state index contributed by atoms with van der Waals surface area (Å²) in [5, 5.41) is 0. The predicted octanol–water partition coefficient (Wildman–Crippen LogP) is 4.48. The lowest BCUT2D eigenvalue weighted by molar-refractivity contribution is 0.0990. The van der Waals surface area contributed by atoms with Crippen LogP contribution in [-0.4, -0.2) is 5.78 Å². The van der Waals surface area contributed by atoms with Gasteiger partial charge in [0.05, 0.1) is 0 Å². The molecule has 0 aliphatic carbocycles. The van der Waals surface area contributed by atoms with Gasteiger partial charge in [-0.05, 0) is 61.6 Å². The molecule has 0 heterocycles. The fraction of sp³-hybridized carbons (Fsp3) is 0.278. The van der Waals surface area contributed by atoms with E-state index in [0.29, 0.717) is 5.56 Å². The summed E-state index contributed by atoms with van der Waals surface area (Å²) in [5.74, 6) is -0.336. The average Bonchev–Trinajstić information content (AvgIpc) is 2.39. The minimum absolute atomic E-state index is 0.0168. The van der Waals surface area contributed by atoms with Crippen molar-refractivity contribution in [2.45, 2.75) is 34.1 Å². The summed E-state index contributed by atoms with van der Waals surface area (Å²) in [5.41, 5.74) is 5.39. The van der Waals surface area contributed by atoms with Gasteiger partial charge in [0, 0.05) is 12.0 Å². The summed E-state index contributed by atoms with van der Waals surface area (Å²) in [6.45, 7) is 7.91. The number of hydrogen-bond donors (Lipinski definition) is 0. The summed E-state index contributed by atoms with van der Waals surface area (Å²) < 4.78 is 13.7. The number of Topliss-reactive ketones (excluding diaryl/α,β-unsaturated/α-hetero) is 1. The van der Waals surface area contributed by atoms with Crippen LogP contribution >= 0.6 is 0 Å². The third-order valence-electron chi connectivity index (χ3n) is 3.95. The van der Waals surface area contributed by atoms with E-state index in [1.165, 1.54) is 6.07 Å². The van der Waals surface area contributed by atoms with Crippen molar-refractivity contribution in [2.24, 2.45) is 0 Å². The van der Waals surface area contributed by atoms with Gasteiger partial charge in [-0.15, -0.1) is 0 Å². The summed E-state index contributed by atoms with van der Waals surface area (Å²) in [6.07, 6.45) is 0.108. The Kier molecular flexibility index (Phi) is 4.03. The van der Waals surface area contributed by atoms with Crippen molar-refractivity contribution in [1.82, 2.24) is 0 Å². The molecule has 2 aromatic carbocycles. The van der Waals surface area contributed by atoms with Crippen LogP contribution in [0.3, 0.4) is 0 Å². The van der Waals surface area contributed by atoms with Crippen molar-refractivity contribution >= 4 is 5.78 Å². The highest BCUT2D eigenvalue weighted by Crippen LogP contribution is 2.23. The van der Waals surface area contributed by atoms with Crippen LogP contribution in [-0.2, 0) is 6.42 Å². The van der Waals surface area contributed by atoms with E-state index in [1.807, 2.05) is 27.7 Å². The Bertz CT molecular complexity index is 645. The molecule has 0 aromatic heterocycles. The molecule has 1 nitrogen and oxygen atoms in total. The second-order valence-corrected chi connectivity index (χ2v) is 5.33. The Morgan fingerprint density at radius 3 is 2.10 bits per heavy atom. The molecule has 2 heteroatoms. The lowest BCUT2D eigenvalue weighted by Crippen LogP contribution is -2.11. The Labute approximate surface area is 119 Å². The fourth-order valence-electron chi connectivity index (χ4n) is 2.54. The van der Waals surface area contributed by atoms with E-state index in [-0.39, 0.29) is 18.0 Å². The molecule has 0 saturated carbocycles. The third-order valence-corrected chi connectivity index (χ3v) is 3.95. The number of rotatable bonds is 3. The Balaban J connectivity index is 2.43. The molecule has 2 rings (SSSR count). The molecule has 2 aromatic rings. The highest BCUT2D eigenvalue weighted by molar-refractivity contribution is 6.00. The first-order chi connectivity index (χ1) is 9.41. The van der Waals surface area contributed by atoms with Crippen LogP contribution in [0.4, 0.5) is 4.39 Å². The predicted molar refractivity (Wildman–Crippen MR) is 79.8 cm³/mol. The van der Waals surface area contributed by atoms with Gasteiger partial charge in [-0.3, -0.25) is 4.79 Å². The number of ketones is 1. The zero-order chi connectivity index (χ0) is 14.9. The molecule has 104 valence electrons. The van der Waals surface area contributed by atoms with Crippen LogP contribution in [0.1, 0.15) is 38.2 Å². The number of halogens is 1. The van der Waals surface area contributed by atoms with Gasteiger partial charge in [0.1, 0.15) is 5.82 Å². The first-order valence-electron chi connectivity index (χ1n) is 6.75. The van der Waals surface area contributed by atoms with Crippen molar-refractivity contribution in [3.05, 3.63) is 69.5 Å². The van der Waals surface area contributed by atoms with Crippen LogP contribution in [0.25, 0.3) is 0 Å². The first kappa shape index (κ1) is 14.4. The molecule has 0 atom stereocenters. The van der Waals surface area contributed by atoms with Crippen LogP contribution in [0, 0.1) is 33.5 Å². The standard InChI is InChI=1S/C18H19FO/c1-11-9-12(2)14(4)18(13(11)3)17(20)10-15-7-5-6-8-16(15)19/h5-9H,10H2,1-4H3. The molecule has 0 spiro atoms. The summed E-state index contributed by atoms with van der Waals surface area (Å²) in [4.78, 5) is 12.5. The highest BCUT2D eigenvalue weighted by atomic mass is 19.1. The van der Waals surface area contributed by atoms with Gasteiger partial charge >= 0.3 is 0 Å². The lowest BCUT2D eigenvalue weighted by Gasteiger charge is -2.14. The molecule has 0 fully saturated rings. The van der Waals surface area contributed by atoms with E-state index >= 15 is 0 Å². The van der Waals surface area contributed by atoms with Gasteiger partial charge in [-0.1, -0.05) is 24.3 Å². The monoisotopic (exact) mass is 270 g/mol. The van der Waals surface area contributed by atoms with Gasteiger partial charge in [0.25, 0.3) is 0 Å². The molecule has 0 aliphatic rings. The molecular weight excluding hydrogens is 251 g/mol. The zero-order valence-electron chi connectivity index (χ0n) is 12.4. The number of carbonyl (C=O) groups excluding carboxylic acids is 1. The van der Waals surface area contributed by atoms with Gasteiger partial charge in [-0.2, -0.15) is 0 Å². The smallest absolute Gasteiger partial charge is 0.167 e. The molecule has 0 radical (unpaired) electrons. The first-order valence-corrected chi connectivity index (χ1v) is 6.75. The fourth-order valence-corrected chi connectivity index (χ4v) is 2.54. The summed E-state index contributed by atoms with van der Waals surface area (Å²) in [6, 6.07) is 8.54. The SMILES string of the molecule is Cc1cc(C)c(C)c(C(=O)Cc2ccccc2F)c1C. The van der Waals surface area contributed by atoms with Crippen molar-refractivity contribution in [3.8, 4) is 0 Å². The number of aryl methyl sites for hydroxylation is 2. The maximum atomic E-state index is 13.7.